The van der Waals surface area contributed by atoms with Gasteiger partial charge in [0.2, 0.25) is 5.95 Å². The maximum atomic E-state index is 13.1. The van der Waals surface area contributed by atoms with Gasteiger partial charge in [0.25, 0.3) is 11.5 Å². The Hall–Kier alpha value is -2.48. The average molecular weight is 371 g/mol. The Labute approximate surface area is 154 Å². The van der Waals surface area contributed by atoms with Gasteiger partial charge in [-0.15, -0.1) is 11.3 Å². The standard InChI is InChI=1S/C18H21N5O2S/c1-11-12(16(25)22-8-5-4-7-18(22,2)3)10-19-23(11)17-20-13-6-9-26-14(13)15(24)21-17/h6,9-10H,4-5,7-8H2,1-3H3,(H,20,21,24). The quantitative estimate of drug-likeness (QED) is 0.751. The van der Waals surface area contributed by atoms with Crippen molar-refractivity contribution in [2.45, 2.75) is 45.6 Å². The zero-order valence-corrected chi connectivity index (χ0v) is 15.9. The van der Waals surface area contributed by atoms with E-state index in [4.69, 9.17) is 0 Å². The Bertz CT molecular complexity index is 1050. The van der Waals surface area contributed by atoms with Crippen LogP contribution in [0.5, 0.6) is 0 Å². The summed E-state index contributed by atoms with van der Waals surface area (Å²) < 4.78 is 2.12. The normalized spacial score (nSPS) is 17.0. The molecule has 0 atom stereocenters. The molecule has 0 unspecified atom stereocenters. The van der Waals surface area contributed by atoms with Crippen LogP contribution in [0.15, 0.2) is 22.4 Å². The lowest BCUT2D eigenvalue weighted by Gasteiger charge is -2.42. The molecule has 26 heavy (non-hydrogen) atoms. The summed E-state index contributed by atoms with van der Waals surface area (Å²) in [6.07, 6.45) is 4.72. The number of nitrogens with zero attached hydrogens (tertiary/aromatic N) is 4. The maximum absolute atomic E-state index is 13.1. The molecule has 1 N–H and O–H groups in total. The van der Waals surface area contributed by atoms with Gasteiger partial charge < -0.3 is 4.90 Å². The Balaban J connectivity index is 1.74. The summed E-state index contributed by atoms with van der Waals surface area (Å²) >= 11 is 1.35. The number of hydrogen-bond donors (Lipinski definition) is 1. The molecule has 0 saturated carbocycles. The molecular weight excluding hydrogens is 350 g/mol. The molecule has 8 heteroatoms. The molecule has 0 aromatic carbocycles. The highest BCUT2D eigenvalue weighted by Crippen LogP contribution is 2.29. The van der Waals surface area contributed by atoms with E-state index in [0.29, 0.717) is 27.4 Å². The van der Waals surface area contributed by atoms with Gasteiger partial charge in [0.05, 0.1) is 23.0 Å². The number of amides is 1. The van der Waals surface area contributed by atoms with E-state index < -0.39 is 0 Å². The second-order valence-electron chi connectivity index (χ2n) is 7.31. The summed E-state index contributed by atoms with van der Waals surface area (Å²) in [5, 5.41) is 6.16. The fraction of sp³-hybridized carbons (Fsp3) is 0.444. The summed E-state index contributed by atoms with van der Waals surface area (Å²) in [6, 6.07) is 1.81. The van der Waals surface area contributed by atoms with Gasteiger partial charge in [-0.3, -0.25) is 14.6 Å². The van der Waals surface area contributed by atoms with Gasteiger partial charge >= 0.3 is 0 Å². The zero-order chi connectivity index (χ0) is 18.5. The number of carbonyl (C=O) groups excluding carboxylic acids is 1. The SMILES string of the molecule is Cc1c(C(=O)N2CCCCC2(C)C)cnn1-c1nc2ccsc2c(=O)[nH]1. The molecule has 136 valence electrons. The van der Waals surface area contributed by atoms with Crippen LogP contribution in [0.1, 0.15) is 49.2 Å². The summed E-state index contributed by atoms with van der Waals surface area (Å²) in [4.78, 5) is 34.5. The van der Waals surface area contributed by atoms with Crippen molar-refractivity contribution in [3.8, 4) is 5.95 Å². The first-order valence-electron chi connectivity index (χ1n) is 8.73. The summed E-state index contributed by atoms with van der Waals surface area (Å²) in [5.74, 6) is 0.313. The van der Waals surface area contributed by atoms with E-state index in [1.165, 1.54) is 16.0 Å². The predicted molar refractivity (Wildman–Crippen MR) is 101 cm³/mol. The number of fused-ring (bicyclic) bond motifs is 1. The lowest BCUT2D eigenvalue weighted by Crippen LogP contribution is -2.50. The van der Waals surface area contributed by atoms with Crippen molar-refractivity contribution in [1.29, 1.82) is 0 Å². The molecular formula is C18H21N5O2S. The number of rotatable bonds is 2. The number of hydrogen-bond acceptors (Lipinski definition) is 5. The Morgan fingerprint density at radius 2 is 2.15 bits per heavy atom. The van der Waals surface area contributed by atoms with E-state index in [-0.39, 0.29) is 17.0 Å². The third-order valence-corrected chi connectivity index (χ3v) is 6.04. The van der Waals surface area contributed by atoms with Gasteiger partial charge in [0.15, 0.2) is 0 Å². The van der Waals surface area contributed by atoms with Gasteiger partial charge in [0.1, 0.15) is 4.70 Å². The lowest BCUT2D eigenvalue weighted by atomic mass is 9.90. The molecule has 1 fully saturated rings. The zero-order valence-electron chi connectivity index (χ0n) is 15.1. The summed E-state index contributed by atoms with van der Waals surface area (Å²) in [6.45, 7) is 6.79. The molecule has 1 amide bonds. The highest BCUT2D eigenvalue weighted by atomic mass is 32.1. The van der Waals surface area contributed by atoms with Crippen molar-refractivity contribution >= 4 is 27.5 Å². The van der Waals surface area contributed by atoms with Crippen LogP contribution < -0.4 is 5.56 Å². The monoisotopic (exact) mass is 371 g/mol. The predicted octanol–water partition coefficient (Wildman–Crippen LogP) is 2.88. The molecule has 1 aliphatic heterocycles. The van der Waals surface area contributed by atoms with E-state index >= 15 is 0 Å². The second kappa shape index (κ2) is 6.05. The first-order chi connectivity index (χ1) is 12.4. The topological polar surface area (TPSA) is 83.9 Å². The number of nitrogens with one attached hydrogen (secondary N) is 1. The van der Waals surface area contributed by atoms with Gasteiger partial charge in [-0.25, -0.2) is 9.67 Å². The Morgan fingerprint density at radius 1 is 1.35 bits per heavy atom. The van der Waals surface area contributed by atoms with Gasteiger partial charge in [-0.05, 0) is 51.5 Å². The van der Waals surface area contributed by atoms with E-state index in [1.54, 1.807) is 12.3 Å². The largest absolute Gasteiger partial charge is 0.333 e. The van der Waals surface area contributed by atoms with E-state index in [2.05, 4.69) is 28.9 Å². The Morgan fingerprint density at radius 3 is 2.92 bits per heavy atom. The molecule has 0 aliphatic carbocycles. The minimum absolute atomic E-state index is 0.0163. The number of thiophene rings is 1. The lowest BCUT2D eigenvalue weighted by molar-refractivity contribution is 0.0433. The smallest absolute Gasteiger partial charge is 0.270 e. The molecule has 1 saturated heterocycles. The van der Waals surface area contributed by atoms with Crippen LogP contribution in [-0.2, 0) is 0 Å². The van der Waals surface area contributed by atoms with Crippen LogP contribution in [0.3, 0.4) is 0 Å². The van der Waals surface area contributed by atoms with Crippen LogP contribution in [0.2, 0.25) is 0 Å². The molecule has 4 heterocycles. The second-order valence-corrected chi connectivity index (χ2v) is 8.22. The molecule has 0 radical (unpaired) electrons. The van der Waals surface area contributed by atoms with Crippen LogP contribution in [0.25, 0.3) is 16.2 Å². The van der Waals surface area contributed by atoms with Crippen molar-refractivity contribution in [1.82, 2.24) is 24.6 Å². The van der Waals surface area contributed by atoms with Crippen molar-refractivity contribution < 1.29 is 4.79 Å². The van der Waals surface area contributed by atoms with Crippen molar-refractivity contribution in [2.75, 3.05) is 6.54 Å². The molecule has 4 rings (SSSR count). The molecule has 3 aromatic rings. The fourth-order valence-electron chi connectivity index (χ4n) is 3.58. The number of likely N-dealkylation sites (tertiary alicyclic amines) is 1. The van der Waals surface area contributed by atoms with Crippen LogP contribution >= 0.6 is 11.3 Å². The van der Waals surface area contributed by atoms with E-state index in [0.717, 1.165) is 25.8 Å². The fourth-order valence-corrected chi connectivity index (χ4v) is 4.31. The number of aromatic amines is 1. The maximum Gasteiger partial charge on any atom is 0.270 e. The van der Waals surface area contributed by atoms with Gasteiger partial charge in [-0.1, -0.05) is 0 Å². The summed E-state index contributed by atoms with van der Waals surface area (Å²) in [5.41, 5.74) is 1.50. The molecule has 3 aromatic heterocycles. The van der Waals surface area contributed by atoms with Crippen molar-refractivity contribution in [3.05, 3.63) is 39.3 Å². The van der Waals surface area contributed by atoms with Crippen molar-refractivity contribution in [2.24, 2.45) is 0 Å². The third-order valence-electron chi connectivity index (χ3n) is 5.14. The highest BCUT2D eigenvalue weighted by Gasteiger charge is 2.35. The highest BCUT2D eigenvalue weighted by molar-refractivity contribution is 7.17. The molecule has 0 spiro atoms. The van der Waals surface area contributed by atoms with Crippen LogP contribution in [0, 0.1) is 6.92 Å². The number of piperidine rings is 1. The third kappa shape index (κ3) is 2.65. The van der Waals surface area contributed by atoms with E-state index in [1.807, 2.05) is 17.2 Å². The van der Waals surface area contributed by atoms with Crippen molar-refractivity contribution in [3.63, 3.8) is 0 Å². The van der Waals surface area contributed by atoms with Gasteiger partial charge in [-0.2, -0.15) is 5.10 Å². The Kier molecular flexibility index (Phi) is 3.95. The van der Waals surface area contributed by atoms with Crippen LogP contribution in [-0.4, -0.2) is 42.6 Å². The molecule has 1 aliphatic rings. The minimum Gasteiger partial charge on any atom is -0.333 e. The molecule has 7 nitrogen and oxygen atoms in total. The number of aromatic nitrogens is 4. The van der Waals surface area contributed by atoms with Crippen LogP contribution in [0.4, 0.5) is 0 Å². The minimum atomic E-state index is -0.194. The molecule has 0 bridgehead atoms. The number of H-pyrrole nitrogens is 1. The summed E-state index contributed by atoms with van der Waals surface area (Å²) in [7, 11) is 0. The van der Waals surface area contributed by atoms with E-state index in [9.17, 15) is 9.59 Å². The first kappa shape index (κ1) is 17.0. The first-order valence-corrected chi connectivity index (χ1v) is 9.61. The average Bonchev–Trinajstić information content (AvgIpc) is 3.20. The van der Waals surface area contributed by atoms with Gasteiger partial charge in [0, 0.05) is 12.1 Å². The number of carbonyl (C=O) groups is 1.